The van der Waals surface area contributed by atoms with Crippen LogP contribution in [-0.2, 0) is 0 Å². The van der Waals surface area contributed by atoms with E-state index in [1.54, 1.807) is 18.2 Å². The first-order chi connectivity index (χ1) is 12.7. The first kappa shape index (κ1) is 16.2. The quantitative estimate of drug-likeness (QED) is 0.700. The molecule has 6 heteroatoms. The Morgan fingerprint density at radius 3 is 2.08 bits per heavy atom. The zero-order valence-corrected chi connectivity index (χ0v) is 14.2. The van der Waals surface area contributed by atoms with E-state index in [4.69, 9.17) is 0 Å². The van der Waals surface area contributed by atoms with Gasteiger partial charge < -0.3 is 20.0 Å². The molecule has 0 atom stereocenters. The van der Waals surface area contributed by atoms with Gasteiger partial charge >= 0.3 is 0 Å². The van der Waals surface area contributed by atoms with E-state index in [1.165, 1.54) is 0 Å². The smallest absolute Gasteiger partial charge is 0.157 e. The van der Waals surface area contributed by atoms with Crippen molar-refractivity contribution in [3.8, 4) is 11.5 Å². The summed E-state index contributed by atoms with van der Waals surface area (Å²) in [5, 5.41) is 24.2. The van der Waals surface area contributed by atoms with Crippen LogP contribution in [0.5, 0.6) is 11.5 Å². The van der Waals surface area contributed by atoms with Crippen LogP contribution in [0, 0.1) is 4.91 Å². The summed E-state index contributed by atoms with van der Waals surface area (Å²) in [6, 6.07) is 16.4. The minimum Gasteiger partial charge on any atom is -0.508 e. The number of phenolic OH excluding ortho intramolecular Hbond substituents is 2. The van der Waals surface area contributed by atoms with Crippen LogP contribution in [0.15, 0.2) is 59.8 Å². The molecule has 0 aliphatic carbocycles. The number of nitrogens with zero attached hydrogens (tertiary/aromatic N) is 3. The third-order valence-corrected chi connectivity index (χ3v) is 4.90. The molecule has 0 bridgehead atoms. The molecule has 26 heavy (non-hydrogen) atoms. The largest absolute Gasteiger partial charge is 0.508 e. The minimum atomic E-state index is -0.0883. The third-order valence-electron chi connectivity index (χ3n) is 4.90. The molecule has 1 aliphatic rings. The lowest BCUT2D eigenvalue weighted by atomic mass is 10.0. The Balaban J connectivity index is 1.62. The number of rotatable bonds is 3. The Labute approximate surface area is 150 Å². The van der Waals surface area contributed by atoms with Crippen LogP contribution in [0.25, 0.3) is 10.8 Å². The molecule has 3 aromatic rings. The van der Waals surface area contributed by atoms with Crippen molar-refractivity contribution in [2.45, 2.75) is 0 Å². The Bertz CT molecular complexity index is 948. The van der Waals surface area contributed by atoms with Gasteiger partial charge in [-0.1, -0.05) is 24.3 Å². The molecular weight excluding hydrogens is 330 g/mol. The highest BCUT2D eigenvalue weighted by Gasteiger charge is 2.21. The zero-order valence-electron chi connectivity index (χ0n) is 14.2. The first-order valence-electron chi connectivity index (χ1n) is 8.54. The maximum atomic E-state index is 11.1. The Morgan fingerprint density at radius 2 is 1.42 bits per heavy atom. The van der Waals surface area contributed by atoms with Crippen molar-refractivity contribution in [1.82, 2.24) is 0 Å². The summed E-state index contributed by atoms with van der Waals surface area (Å²) in [6.07, 6.45) is 0. The molecule has 1 aliphatic heterocycles. The van der Waals surface area contributed by atoms with Crippen LogP contribution in [0.4, 0.5) is 17.1 Å². The Hall–Kier alpha value is -3.28. The molecule has 0 spiro atoms. The van der Waals surface area contributed by atoms with Crippen molar-refractivity contribution >= 4 is 27.8 Å². The van der Waals surface area contributed by atoms with Gasteiger partial charge in [-0.25, -0.2) is 0 Å². The van der Waals surface area contributed by atoms with Crippen LogP contribution < -0.4 is 9.80 Å². The third kappa shape index (κ3) is 2.79. The summed E-state index contributed by atoms with van der Waals surface area (Å²) in [7, 11) is 0. The van der Waals surface area contributed by atoms with Crippen LogP contribution in [0.2, 0.25) is 0 Å². The molecule has 1 fully saturated rings. The molecule has 0 saturated carbocycles. The molecule has 0 aromatic heterocycles. The summed E-state index contributed by atoms with van der Waals surface area (Å²) < 4.78 is 0. The van der Waals surface area contributed by atoms with Gasteiger partial charge in [0.2, 0.25) is 0 Å². The number of benzene rings is 3. The zero-order chi connectivity index (χ0) is 18.1. The van der Waals surface area contributed by atoms with Crippen LogP contribution in [-0.4, -0.2) is 36.4 Å². The molecule has 6 nitrogen and oxygen atoms in total. The number of fused-ring (bicyclic) bond motifs is 1. The lowest BCUT2D eigenvalue weighted by molar-refractivity contribution is 0.475. The van der Waals surface area contributed by atoms with E-state index in [9.17, 15) is 15.1 Å². The Kier molecular flexibility index (Phi) is 4.08. The number of phenols is 2. The molecule has 4 rings (SSSR count). The first-order valence-corrected chi connectivity index (χ1v) is 8.54. The molecule has 0 amide bonds. The SMILES string of the molecule is O=Nc1c(O)cc(N2CCN(c3ccc(O)cc3)CC2)c2ccccc12. The van der Waals surface area contributed by atoms with Gasteiger partial charge in [0.1, 0.15) is 11.5 Å². The van der Waals surface area contributed by atoms with E-state index in [1.807, 2.05) is 36.4 Å². The van der Waals surface area contributed by atoms with Crippen molar-refractivity contribution in [2.75, 3.05) is 36.0 Å². The van der Waals surface area contributed by atoms with E-state index < -0.39 is 0 Å². The molecule has 1 saturated heterocycles. The maximum absolute atomic E-state index is 11.1. The number of hydrogen-bond acceptors (Lipinski definition) is 6. The summed E-state index contributed by atoms with van der Waals surface area (Å²) in [4.78, 5) is 15.6. The fourth-order valence-corrected chi connectivity index (χ4v) is 3.55. The number of piperazine rings is 1. The number of nitroso groups, excluding NO2 is 1. The summed E-state index contributed by atoms with van der Waals surface area (Å²) in [5.74, 6) is 0.174. The minimum absolute atomic E-state index is 0.0883. The second kappa shape index (κ2) is 6.55. The molecule has 1 heterocycles. The van der Waals surface area contributed by atoms with Crippen LogP contribution in [0.1, 0.15) is 0 Å². The van der Waals surface area contributed by atoms with Gasteiger partial charge in [0.25, 0.3) is 0 Å². The van der Waals surface area contributed by atoms with Crippen molar-refractivity contribution in [1.29, 1.82) is 0 Å². The number of hydrogen-bond donors (Lipinski definition) is 2. The average molecular weight is 349 g/mol. The second-order valence-electron chi connectivity index (χ2n) is 6.39. The van der Waals surface area contributed by atoms with Crippen LogP contribution in [0.3, 0.4) is 0 Å². The summed E-state index contributed by atoms with van der Waals surface area (Å²) >= 11 is 0. The number of anilines is 2. The highest BCUT2D eigenvalue weighted by Crippen LogP contribution is 2.41. The molecule has 3 aromatic carbocycles. The van der Waals surface area contributed by atoms with E-state index in [0.717, 1.165) is 42.9 Å². The van der Waals surface area contributed by atoms with Gasteiger partial charge in [0.05, 0.1) is 0 Å². The van der Waals surface area contributed by atoms with Crippen molar-refractivity contribution in [3.05, 3.63) is 59.5 Å². The fourth-order valence-electron chi connectivity index (χ4n) is 3.55. The van der Waals surface area contributed by atoms with Gasteiger partial charge in [-0.15, -0.1) is 4.91 Å². The van der Waals surface area contributed by atoms with Gasteiger partial charge in [0.15, 0.2) is 5.69 Å². The summed E-state index contributed by atoms with van der Waals surface area (Å²) in [5.41, 5.74) is 2.08. The monoisotopic (exact) mass is 349 g/mol. The van der Waals surface area contributed by atoms with Crippen molar-refractivity contribution in [3.63, 3.8) is 0 Å². The van der Waals surface area contributed by atoms with E-state index in [-0.39, 0.29) is 17.2 Å². The van der Waals surface area contributed by atoms with Crippen molar-refractivity contribution in [2.24, 2.45) is 5.18 Å². The van der Waals surface area contributed by atoms with Crippen molar-refractivity contribution < 1.29 is 10.2 Å². The highest BCUT2D eigenvalue weighted by atomic mass is 16.3. The molecule has 132 valence electrons. The van der Waals surface area contributed by atoms with Gasteiger partial charge in [0, 0.05) is 54.4 Å². The van der Waals surface area contributed by atoms with E-state index in [2.05, 4.69) is 15.0 Å². The lowest BCUT2D eigenvalue weighted by Crippen LogP contribution is -2.46. The van der Waals surface area contributed by atoms with E-state index in [0.29, 0.717) is 5.39 Å². The van der Waals surface area contributed by atoms with E-state index >= 15 is 0 Å². The highest BCUT2D eigenvalue weighted by molar-refractivity contribution is 6.03. The lowest BCUT2D eigenvalue weighted by Gasteiger charge is -2.38. The topological polar surface area (TPSA) is 76.4 Å². The molecule has 0 unspecified atom stereocenters. The van der Waals surface area contributed by atoms with Gasteiger partial charge in [-0.3, -0.25) is 0 Å². The molecular formula is C20H19N3O3. The molecule has 0 radical (unpaired) electrons. The predicted molar refractivity (Wildman–Crippen MR) is 104 cm³/mol. The molecule has 2 N–H and O–H groups in total. The second-order valence-corrected chi connectivity index (χ2v) is 6.39. The fraction of sp³-hybridized carbons (Fsp3) is 0.200. The maximum Gasteiger partial charge on any atom is 0.157 e. The van der Waals surface area contributed by atoms with Gasteiger partial charge in [-0.2, -0.15) is 0 Å². The normalized spacial score (nSPS) is 14.6. The van der Waals surface area contributed by atoms with Gasteiger partial charge in [-0.05, 0) is 29.4 Å². The standard InChI is InChI=1S/C20H19N3O3/c24-15-7-5-14(6-8-15)22-9-11-23(12-10-22)18-13-19(25)20(21-26)17-4-2-1-3-16(17)18/h1-8,13,24-25H,9-12H2. The number of aromatic hydroxyl groups is 2. The Morgan fingerprint density at radius 1 is 0.808 bits per heavy atom. The predicted octanol–water partition coefficient (Wildman–Crippen LogP) is 3.98. The average Bonchev–Trinajstić information content (AvgIpc) is 2.68. The summed E-state index contributed by atoms with van der Waals surface area (Å²) in [6.45, 7) is 3.23. The van der Waals surface area contributed by atoms with Crippen LogP contribution >= 0.6 is 0 Å².